The molecule has 1 aromatic rings. The van der Waals surface area contributed by atoms with Gasteiger partial charge in [-0.25, -0.2) is 9.78 Å². The first-order valence-corrected chi connectivity index (χ1v) is 6.09. The number of halogens is 2. The lowest BCUT2D eigenvalue weighted by Gasteiger charge is -2.26. The minimum absolute atomic E-state index is 0.00616. The Morgan fingerprint density at radius 2 is 2.17 bits per heavy atom. The molecule has 1 aromatic heterocycles. The van der Waals surface area contributed by atoms with Crippen molar-refractivity contribution in [1.82, 2.24) is 4.98 Å². The van der Waals surface area contributed by atoms with Crippen LogP contribution < -0.4 is 16.4 Å². The van der Waals surface area contributed by atoms with Crippen molar-refractivity contribution in [2.24, 2.45) is 5.73 Å². The molecular formula is C10H12Cl2N4O2. The van der Waals surface area contributed by atoms with Crippen molar-refractivity contribution >= 4 is 40.5 Å². The number of hydrogen-bond acceptors (Lipinski definition) is 5. The maximum atomic E-state index is 10.9. The highest BCUT2D eigenvalue weighted by Crippen LogP contribution is 2.39. The van der Waals surface area contributed by atoms with E-state index in [1.54, 1.807) is 4.90 Å². The van der Waals surface area contributed by atoms with Gasteiger partial charge in [0.15, 0.2) is 10.8 Å². The second-order valence-electron chi connectivity index (χ2n) is 4.04. The molecule has 0 saturated carbocycles. The summed E-state index contributed by atoms with van der Waals surface area (Å²) in [5, 5.41) is 8.82. The standard InChI is InChI=1S/C10H12Cl2N4O2/c11-5-6(14)8(16-3-1-2-4(16)13)9(12)15-7(5)10(17)18/h4H,1-3,13H2,(H2,14,15)(H,17,18). The van der Waals surface area contributed by atoms with Crippen LogP contribution in [-0.4, -0.2) is 28.8 Å². The highest BCUT2D eigenvalue weighted by atomic mass is 35.5. The SMILES string of the molecule is Nc1c(Cl)c(C(=O)O)nc(Cl)c1N1CCCC1N. The topological polar surface area (TPSA) is 105 Å². The zero-order valence-corrected chi connectivity index (χ0v) is 10.9. The average molecular weight is 291 g/mol. The molecule has 1 unspecified atom stereocenters. The van der Waals surface area contributed by atoms with E-state index in [4.69, 9.17) is 39.8 Å². The Balaban J connectivity index is 2.55. The Labute approximate surface area is 113 Å². The summed E-state index contributed by atoms with van der Waals surface area (Å²) in [6.07, 6.45) is 1.52. The molecule has 2 rings (SSSR count). The minimum Gasteiger partial charge on any atom is -0.476 e. The number of nitrogens with zero attached hydrogens (tertiary/aromatic N) is 2. The summed E-state index contributed by atoms with van der Waals surface area (Å²) in [4.78, 5) is 16.5. The van der Waals surface area contributed by atoms with Crippen molar-refractivity contribution in [3.63, 3.8) is 0 Å². The molecule has 1 fully saturated rings. The number of nitrogens with two attached hydrogens (primary N) is 2. The van der Waals surface area contributed by atoms with E-state index in [0.29, 0.717) is 12.2 Å². The van der Waals surface area contributed by atoms with Gasteiger partial charge in [0, 0.05) is 6.54 Å². The Morgan fingerprint density at radius 1 is 1.50 bits per heavy atom. The van der Waals surface area contributed by atoms with Gasteiger partial charge in [-0.15, -0.1) is 0 Å². The van der Waals surface area contributed by atoms with Crippen LogP contribution in [0.5, 0.6) is 0 Å². The van der Waals surface area contributed by atoms with Crippen molar-refractivity contribution < 1.29 is 9.90 Å². The number of rotatable bonds is 2. The first kappa shape index (κ1) is 13.2. The summed E-state index contributed by atoms with van der Waals surface area (Å²) in [7, 11) is 0. The summed E-state index contributed by atoms with van der Waals surface area (Å²) < 4.78 is 0. The van der Waals surface area contributed by atoms with E-state index in [-0.39, 0.29) is 27.7 Å². The van der Waals surface area contributed by atoms with E-state index in [1.807, 2.05) is 0 Å². The van der Waals surface area contributed by atoms with Crippen LogP contribution in [0.1, 0.15) is 23.3 Å². The number of carbonyl (C=O) groups is 1. The second kappa shape index (κ2) is 4.79. The van der Waals surface area contributed by atoms with Gasteiger partial charge in [-0.05, 0) is 12.8 Å². The highest BCUT2D eigenvalue weighted by molar-refractivity contribution is 6.39. The van der Waals surface area contributed by atoms with E-state index in [9.17, 15) is 4.79 Å². The molecule has 8 heteroatoms. The second-order valence-corrected chi connectivity index (χ2v) is 4.77. The molecule has 0 aromatic carbocycles. The third kappa shape index (κ3) is 2.07. The molecule has 1 aliphatic rings. The van der Waals surface area contributed by atoms with Crippen molar-refractivity contribution in [1.29, 1.82) is 0 Å². The van der Waals surface area contributed by atoms with E-state index >= 15 is 0 Å². The Morgan fingerprint density at radius 3 is 2.67 bits per heavy atom. The van der Waals surface area contributed by atoms with Gasteiger partial charge in [0.25, 0.3) is 0 Å². The zero-order valence-electron chi connectivity index (χ0n) is 9.36. The average Bonchev–Trinajstić information content (AvgIpc) is 2.70. The molecule has 0 amide bonds. The maximum Gasteiger partial charge on any atom is 0.356 e. The Bertz CT molecular complexity index is 509. The molecule has 0 aliphatic carbocycles. The molecule has 0 spiro atoms. The van der Waals surface area contributed by atoms with Crippen molar-refractivity contribution in [2.75, 3.05) is 17.2 Å². The predicted octanol–water partition coefficient (Wildman–Crippen LogP) is 1.55. The lowest BCUT2D eigenvalue weighted by Crippen LogP contribution is -2.37. The summed E-state index contributed by atoms with van der Waals surface area (Å²) in [5.41, 5.74) is 11.9. The summed E-state index contributed by atoms with van der Waals surface area (Å²) >= 11 is 11.9. The minimum atomic E-state index is -1.27. The number of anilines is 2. The monoisotopic (exact) mass is 290 g/mol. The molecule has 98 valence electrons. The molecule has 2 heterocycles. The predicted molar refractivity (Wildman–Crippen MR) is 70.2 cm³/mol. The van der Waals surface area contributed by atoms with Crippen LogP contribution in [0.4, 0.5) is 11.4 Å². The van der Waals surface area contributed by atoms with Gasteiger partial charge in [0.05, 0.1) is 16.9 Å². The van der Waals surface area contributed by atoms with E-state index in [2.05, 4.69) is 4.98 Å². The zero-order chi connectivity index (χ0) is 13.4. The molecule has 0 radical (unpaired) electrons. The third-order valence-corrected chi connectivity index (χ3v) is 3.54. The van der Waals surface area contributed by atoms with E-state index in [1.165, 1.54) is 0 Å². The van der Waals surface area contributed by atoms with Crippen LogP contribution in [0.25, 0.3) is 0 Å². The number of carboxylic acids is 1. The van der Waals surface area contributed by atoms with Crippen LogP contribution in [0.3, 0.4) is 0 Å². The Hall–Kier alpha value is -1.24. The van der Waals surface area contributed by atoms with Gasteiger partial charge >= 0.3 is 5.97 Å². The fourth-order valence-electron chi connectivity index (χ4n) is 2.03. The number of aromatic carboxylic acids is 1. The molecule has 18 heavy (non-hydrogen) atoms. The lowest BCUT2D eigenvalue weighted by atomic mass is 10.2. The van der Waals surface area contributed by atoms with Crippen LogP contribution in [0.15, 0.2) is 0 Å². The molecule has 6 nitrogen and oxygen atoms in total. The number of pyridine rings is 1. The normalized spacial score (nSPS) is 19.3. The third-order valence-electron chi connectivity index (χ3n) is 2.89. The number of nitrogen functional groups attached to an aromatic ring is 1. The number of carboxylic acid groups (broad SMARTS) is 1. The van der Waals surface area contributed by atoms with Crippen molar-refractivity contribution in [3.8, 4) is 0 Å². The molecular weight excluding hydrogens is 279 g/mol. The quantitative estimate of drug-likeness (QED) is 0.714. The van der Waals surface area contributed by atoms with Gasteiger partial charge in [-0.1, -0.05) is 23.2 Å². The fraction of sp³-hybridized carbons (Fsp3) is 0.400. The van der Waals surface area contributed by atoms with Gasteiger partial charge in [0.2, 0.25) is 0 Å². The van der Waals surface area contributed by atoms with Crippen LogP contribution in [-0.2, 0) is 0 Å². The molecule has 5 N–H and O–H groups in total. The van der Waals surface area contributed by atoms with Gasteiger partial charge in [0.1, 0.15) is 5.69 Å². The van der Waals surface area contributed by atoms with E-state index < -0.39 is 5.97 Å². The number of aromatic nitrogens is 1. The van der Waals surface area contributed by atoms with Crippen molar-refractivity contribution in [2.45, 2.75) is 19.0 Å². The molecule has 0 bridgehead atoms. The van der Waals surface area contributed by atoms with Gasteiger partial charge in [-0.2, -0.15) is 0 Å². The first-order chi connectivity index (χ1) is 8.43. The highest BCUT2D eigenvalue weighted by Gasteiger charge is 2.28. The summed E-state index contributed by atoms with van der Waals surface area (Å²) in [5.74, 6) is -1.27. The first-order valence-electron chi connectivity index (χ1n) is 5.33. The van der Waals surface area contributed by atoms with Crippen molar-refractivity contribution in [3.05, 3.63) is 15.9 Å². The summed E-state index contributed by atoms with van der Waals surface area (Å²) in [6.45, 7) is 0.690. The van der Waals surface area contributed by atoms with Crippen LogP contribution in [0.2, 0.25) is 10.2 Å². The largest absolute Gasteiger partial charge is 0.476 e. The maximum absolute atomic E-state index is 10.9. The molecule has 1 aliphatic heterocycles. The Kier molecular flexibility index (Phi) is 3.52. The van der Waals surface area contributed by atoms with E-state index in [0.717, 1.165) is 12.8 Å². The van der Waals surface area contributed by atoms with Gasteiger partial charge in [-0.3, -0.25) is 0 Å². The molecule has 1 saturated heterocycles. The summed E-state index contributed by atoms with van der Waals surface area (Å²) in [6, 6.07) is 0. The van der Waals surface area contributed by atoms with Crippen LogP contribution in [0, 0.1) is 0 Å². The van der Waals surface area contributed by atoms with Gasteiger partial charge < -0.3 is 21.5 Å². The lowest BCUT2D eigenvalue weighted by molar-refractivity contribution is 0.0691. The smallest absolute Gasteiger partial charge is 0.356 e. The van der Waals surface area contributed by atoms with Crippen LogP contribution >= 0.6 is 23.2 Å². The number of hydrogen-bond donors (Lipinski definition) is 3. The molecule has 1 atom stereocenters. The fourth-order valence-corrected chi connectivity index (χ4v) is 2.54.